The van der Waals surface area contributed by atoms with Crippen LogP contribution >= 0.6 is 11.3 Å². The van der Waals surface area contributed by atoms with E-state index in [1.54, 1.807) is 11.3 Å². The highest BCUT2D eigenvalue weighted by molar-refractivity contribution is 7.09. The number of hydrogen-bond acceptors (Lipinski definition) is 5. The molecule has 0 saturated heterocycles. The number of amides is 2. The van der Waals surface area contributed by atoms with Crippen molar-refractivity contribution in [3.05, 3.63) is 70.4 Å². The number of esters is 1. The molecule has 1 aromatic carbocycles. The second-order valence-corrected chi connectivity index (χ2v) is 8.17. The zero-order chi connectivity index (χ0) is 21.2. The summed E-state index contributed by atoms with van der Waals surface area (Å²) in [6, 6.07) is 13.2. The number of nitrogens with one attached hydrogen (secondary N) is 2. The second-order valence-electron chi connectivity index (χ2n) is 7.14. The number of rotatable bonds is 5. The van der Waals surface area contributed by atoms with E-state index >= 15 is 0 Å². The standard InChI is InChI=1S/C23H26N2O4S/c26-21(24-15-19-11-7-13-30-19)14-18-10-5-2-6-12-22(27)29-20(16-25-23(18)28)17-8-3-1-4-9-17/h1-5,7-9,11,13,18,20H,6,10,12,14-16H2,(H,24,26)(H,25,28)/b5-2-/t18-,20-/m0/s1. The molecule has 0 aliphatic carbocycles. The van der Waals surface area contributed by atoms with Gasteiger partial charge in [-0.25, -0.2) is 0 Å². The van der Waals surface area contributed by atoms with Crippen molar-refractivity contribution in [3.63, 3.8) is 0 Å². The fourth-order valence-corrected chi connectivity index (χ4v) is 3.85. The minimum atomic E-state index is -0.556. The van der Waals surface area contributed by atoms with Crippen molar-refractivity contribution in [2.75, 3.05) is 6.54 Å². The average Bonchev–Trinajstić information content (AvgIpc) is 3.27. The molecule has 0 bridgehead atoms. The Bertz CT molecular complexity index is 865. The predicted octanol–water partition coefficient (Wildman–Crippen LogP) is 3.51. The van der Waals surface area contributed by atoms with Crippen LogP contribution < -0.4 is 10.6 Å². The van der Waals surface area contributed by atoms with Gasteiger partial charge in [-0.3, -0.25) is 14.4 Å². The molecule has 1 aromatic heterocycles. The molecule has 0 unspecified atom stereocenters. The summed E-state index contributed by atoms with van der Waals surface area (Å²) in [7, 11) is 0. The van der Waals surface area contributed by atoms with E-state index in [0.717, 1.165) is 10.4 Å². The summed E-state index contributed by atoms with van der Waals surface area (Å²) in [5.41, 5.74) is 0.823. The lowest BCUT2D eigenvalue weighted by Crippen LogP contribution is -2.37. The van der Waals surface area contributed by atoms with Crippen molar-refractivity contribution in [3.8, 4) is 0 Å². The topological polar surface area (TPSA) is 84.5 Å². The number of carbonyl (C=O) groups excluding carboxylic acids is 3. The first-order valence-corrected chi connectivity index (χ1v) is 11.0. The van der Waals surface area contributed by atoms with E-state index in [-0.39, 0.29) is 37.2 Å². The van der Waals surface area contributed by atoms with E-state index in [1.165, 1.54) is 0 Å². The van der Waals surface area contributed by atoms with Crippen LogP contribution in [0.5, 0.6) is 0 Å². The lowest BCUT2D eigenvalue weighted by molar-refractivity contribution is -0.150. The van der Waals surface area contributed by atoms with Gasteiger partial charge in [-0.1, -0.05) is 48.6 Å². The molecule has 2 aromatic rings. The summed E-state index contributed by atoms with van der Waals surface area (Å²) in [6.07, 6.45) is 4.55. The van der Waals surface area contributed by atoms with Crippen molar-refractivity contribution >= 4 is 29.1 Å². The van der Waals surface area contributed by atoms with Gasteiger partial charge in [0.2, 0.25) is 11.8 Å². The Morgan fingerprint density at radius 1 is 1.13 bits per heavy atom. The fourth-order valence-electron chi connectivity index (χ4n) is 3.21. The van der Waals surface area contributed by atoms with Crippen LogP contribution in [0.4, 0.5) is 0 Å². The highest BCUT2D eigenvalue weighted by Crippen LogP contribution is 2.19. The van der Waals surface area contributed by atoms with Crippen molar-refractivity contribution in [2.24, 2.45) is 5.92 Å². The molecular formula is C23H26N2O4S. The highest BCUT2D eigenvalue weighted by atomic mass is 32.1. The number of allylic oxidation sites excluding steroid dienone is 2. The minimum Gasteiger partial charge on any atom is -0.456 e. The van der Waals surface area contributed by atoms with Crippen LogP contribution in [0.3, 0.4) is 0 Å². The first-order chi connectivity index (χ1) is 14.6. The van der Waals surface area contributed by atoms with E-state index in [9.17, 15) is 14.4 Å². The Balaban J connectivity index is 1.64. The van der Waals surface area contributed by atoms with Gasteiger partial charge in [0.05, 0.1) is 19.0 Å². The smallest absolute Gasteiger partial charge is 0.306 e. The van der Waals surface area contributed by atoms with Crippen molar-refractivity contribution in [1.82, 2.24) is 10.6 Å². The van der Waals surface area contributed by atoms with Crippen LogP contribution in [0, 0.1) is 5.92 Å². The third kappa shape index (κ3) is 6.84. The first kappa shape index (κ1) is 21.8. The van der Waals surface area contributed by atoms with Gasteiger partial charge in [-0.2, -0.15) is 0 Å². The normalized spacial score (nSPS) is 21.5. The van der Waals surface area contributed by atoms with Crippen molar-refractivity contribution < 1.29 is 19.1 Å². The SMILES string of the molecule is O=C(C[C@@H]1C/C=C\CCC(=O)O[C@H](c2ccccc2)CNC1=O)NCc1cccs1. The number of hydrogen-bond donors (Lipinski definition) is 2. The number of ether oxygens (including phenoxy) is 1. The first-order valence-electron chi connectivity index (χ1n) is 10.1. The van der Waals surface area contributed by atoms with Crippen molar-refractivity contribution in [1.29, 1.82) is 0 Å². The molecule has 0 fully saturated rings. The Kier molecular flexibility index (Phi) is 8.20. The zero-order valence-corrected chi connectivity index (χ0v) is 17.5. The van der Waals surface area contributed by atoms with Gasteiger partial charge in [0.1, 0.15) is 6.10 Å². The van der Waals surface area contributed by atoms with Crippen LogP contribution in [0.25, 0.3) is 0 Å². The van der Waals surface area contributed by atoms with Crippen LogP contribution in [0.15, 0.2) is 60.0 Å². The molecule has 0 saturated carbocycles. The minimum absolute atomic E-state index is 0.108. The van der Waals surface area contributed by atoms with E-state index in [4.69, 9.17) is 4.74 Å². The maximum atomic E-state index is 12.8. The summed E-state index contributed by atoms with van der Waals surface area (Å²) in [6.45, 7) is 0.637. The summed E-state index contributed by atoms with van der Waals surface area (Å²) in [4.78, 5) is 38.4. The van der Waals surface area contributed by atoms with Gasteiger partial charge in [0.15, 0.2) is 0 Å². The maximum absolute atomic E-state index is 12.8. The predicted molar refractivity (Wildman–Crippen MR) is 116 cm³/mol. The third-order valence-electron chi connectivity index (χ3n) is 4.85. The molecule has 2 heterocycles. The maximum Gasteiger partial charge on any atom is 0.306 e. The molecule has 2 N–H and O–H groups in total. The molecule has 2 atom stereocenters. The zero-order valence-electron chi connectivity index (χ0n) is 16.7. The number of benzene rings is 1. The molecule has 30 heavy (non-hydrogen) atoms. The van der Waals surface area contributed by atoms with Gasteiger partial charge >= 0.3 is 5.97 Å². The van der Waals surface area contributed by atoms with Gasteiger partial charge in [-0.15, -0.1) is 11.3 Å². The molecule has 0 spiro atoms. The Labute approximate surface area is 180 Å². The molecule has 1 aliphatic heterocycles. The molecule has 6 nitrogen and oxygen atoms in total. The monoisotopic (exact) mass is 426 g/mol. The van der Waals surface area contributed by atoms with Gasteiger partial charge in [0.25, 0.3) is 0 Å². The Hall–Kier alpha value is -2.93. The van der Waals surface area contributed by atoms with Crippen LogP contribution in [0.2, 0.25) is 0 Å². The van der Waals surface area contributed by atoms with E-state index < -0.39 is 12.0 Å². The van der Waals surface area contributed by atoms with E-state index in [1.807, 2.05) is 60.0 Å². The number of thiophene rings is 1. The summed E-state index contributed by atoms with van der Waals surface area (Å²) < 4.78 is 5.59. The molecule has 0 radical (unpaired) electrons. The molecular weight excluding hydrogens is 400 g/mol. The van der Waals surface area contributed by atoms with Gasteiger partial charge in [-0.05, 0) is 29.9 Å². The molecule has 2 amide bonds. The largest absolute Gasteiger partial charge is 0.456 e. The highest BCUT2D eigenvalue weighted by Gasteiger charge is 2.24. The molecule has 158 valence electrons. The number of carbonyl (C=O) groups is 3. The van der Waals surface area contributed by atoms with Crippen molar-refractivity contribution in [2.45, 2.75) is 38.3 Å². The lowest BCUT2D eigenvalue weighted by Gasteiger charge is -2.21. The Morgan fingerprint density at radius 3 is 2.73 bits per heavy atom. The fraction of sp³-hybridized carbons (Fsp3) is 0.348. The van der Waals surface area contributed by atoms with E-state index in [2.05, 4.69) is 10.6 Å². The van der Waals surface area contributed by atoms with Crippen LogP contribution in [0.1, 0.15) is 42.2 Å². The van der Waals surface area contributed by atoms with Gasteiger partial charge < -0.3 is 15.4 Å². The second kappa shape index (κ2) is 11.3. The average molecular weight is 427 g/mol. The molecule has 1 aliphatic rings. The van der Waals surface area contributed by atoms with E-state index in [0.29, 0.717) is 19.4 Å². The lowest BCUT2D eigenvalue weighted by atomic mass is 9.98. The summed E-state index contributed by atoms with van der Waals surface area (Å²) in [5.74, 6) is -1.15. The quantitative estimate of drug-likeness (QED) is 0.566. The molecule has 3 rings (SSSR count). The van der Waals surface area contributed by atoms with Gasteiger partial charge in [0, 0.05) is 17.7 Å². The summed E-state index contributed by atoms with van der Waals surface area (Å²) in [5, 5.41) is 7.71. The summed E-state index contributed by atoms with van der Waals surface area (Å²) >= 11 is 1.58. The van der Waals surface area contributed by atoms with Crippen LogP contribution in [-0.4, -0.2) is 24.3 Å². The third-order valence-corrected chi connectivity index (χ3v) is 5.73. The molecule has 7 heteroatoms. The Morgan fingerprint density at radius 2 is 1.97 bits per heavy atom. The van der Waals surface area contributed by atoms with Crippen LogP contribution in [-0.2, 0) is 25.7 Å². The number of cyclic esters (lactones) is 1.